The van der Waals surface area contributed by atoms with Crippen LogP contribution < -0.4 is 5.32 Å². The van der Waals surface area contributed by atoms with Crippen LogP contribution in [0.3, 0.4) is 0 Å². The molecule has 1 aromatic rings. The van der Waals surface area contributed by atoms with Crippen molar-refractivity contribution >= 4 is 5.91 Å². The maximum atomic E-state index is 12.1. The van der Waals surface area contributed by atoms with Gasteiger partial charge in [0, 0.05) is 32.7 Å². The Morgan fingerprint density at radius 2 is 2.08 bits per heavy atom. The number of rotatable bonds is 6. The van der Waals surface area contributed by atoms with Gasteiger partial charge in [-0.1, -0.05) is 18.2 Å². The SMILES string of the molecule is C=CCNC(=O)C(C)N1CCCN(Cc2ccc(C#N)cc2)CC1. The molecule has 1 aliphatic heterocycles. The van der Waals surface area contributed by atoms with Crippen molar-refractivity contribution in [2.75, 3.05) is 32.7 Å². The number of hydrogen-bond donors (Lipinski definition) is 1. The zero-order valence-electron chi connectivity index (χ0n) is 14.4. The molecule has 1 unspecified atom stereocenters. The highest BCUT2D eigenvalue weighted by Gasteiger charge is 2.23. The monoisotopic (exact) mass is 326 g/mol. The maximum Gasteiger partial charge on any atom is 0.237 e. The van der Waals surface area contributed by atoms with Crippen LogP contribution in [-0.2, 0) is 11.3 Å². The number of nitriles is 1. The van der Waals surface area contributed by atoms with Crippen LogP contribution in [-0.4, -0.2) is 54.5 Å². The van der Waals surface area contributed by atoms with Crippen molar-refractivity contribution in [3.05, 3.63) is 48.0 Å². The Labute approximate surface area is 144 Å². The summed E-state index contributed by atoms with van der Waals surface area (Å²) >= 11 is 0. The second kappa shape index (κ2) is 9.21. The average Bonchev–Trinajstić information content (AvgIpc) is 2.85. The van der Waals surface area contributed by atoms with E-state index in [9.17, 15) is 4.79 Å². The Kier molecular flexibility index (Phi) is 6.98. The molecular formula is C19H26N4O. The van der Waals surface area contributed by atoms with Gasteiger partial charge < -0.3 is 5.32 Å². The fourth-order valence-corrected chi connectivity index (χ4v) is 2.97. The van der Waals surface area contributed by atoms with Crippen molar-refractivity contribution in [2.24, 2.45) is 0 Å². The molecule has 2 rings (SSSR count). The molecule has 1 aliphatic rings. The molecule has 0 bridgehead atoms. The van der Waals surface area contributed by atoms with E-state index in [1.165, 1.54) is 5.56 Å². The highest BCUT2D eigenvalue weighted by Crippen LogP contribution is 2.12. The topological polar surface area (TPSA) is 59.4 Å². The van der Waals surface area contributed by atoms with Gasteiger partial charge in [0.15, 0.2) is 0 Å². The van der Waals surface area contributed by atoms with Crippen LogP contribution in [0.25, 0.3) is 0 Å². The molecule has 0 radical (unpaired) electrons. The zero-order chi connectivity index (χ0) is 17.4. The lowest BCUT2D eigenvalue weighted by Crippen LogP contribution is -2.46. The zero-order valence-corrected chi connectivity index (χ0v) is 14.4. The van der Waals surface area contributed by atoms with Gasteiger partial charge in [0.2, 0.25) is 5.91 Å². The molecule has 5 nitrogen and oxygen atoms in total. The molecule has 1 saturated heterocycles. The number of nitrogens with one attached hydrogen (secondary N) is 1. The second-order valence-corrected chi connectivity index (χ2v) is 6.18. The molecule has 0 spiro atoms. The molecule has 1 aromatic carbocycles. The smallest absolute Gasteiger partial charge is 0.237 e. The Hall–Kier alpha value is -2.16. The van der Waals surface area contributed by atoms with Crippen LogP contribution in [0.15, 0.2) is 36.9 Å². The first-order chi connectivity index (χ1) is 11.6. The Balaban J connectivity index is 1.86. The van der Waals surface area contributed by atoms with E-state index >= 15 is 0 Å². The minimum Gasteiger partial charge on any atom is -0.351 e. The molecule has 24 heavy (non-hydrogen) atoms. The van der Waals surface area contributed by atoms with Crippen molar-refractivity contribution in [3.63, 3.8) is 0 Å². The van der Waals surface area contributed by atoms with E-state index < -0.39 is 0 Å². The number of amides is 1. The molecule has 1 N–H and O–H groups in total. The largest absolute Gasteiger partial charge is 0.351 e. The summed E-state index contributed by atoms with van der Waals surface area (Å²) < 4.78 is 0. The van der Waals surface area contributed by atoms with E-state index in [2.05, 4.69) is 27.8 Å². The molecule has 1 fully saturated rings. The van der Waals surface area contributed by atoms with Crippen LogP contribution in [0.2, 0.25) is 0 Å². The summed E-state index contributed by atoms with van der Waals surface area (Å²) in [5.41, 5.74) is 1.92. The minimum atomic E-state index is -0.111. The lowest BCUT2D eigenvalue weighted by Gasteiger charge is -2.26. The van der Waals surface area contributed by atoms with Gasteiger partial charge in [0.1, 0.15) is 0 Å². The predicted octanol–water partition coefficient (Wildman–Crippen LogP) is 1.76. The van der Waals surface area contributed by atoms with E-state index in [1.54, 1.807) is 6.08 Å². The molecule has 0 aliphatic carbocycles. The normalized spacial score (nSPS) is 17.5. The van der Waals surface area contributed by atoms with Crippen LogP contribution in [0.4, 0.5) is 0 Å². The summed E-state index contributed by atoms with van der Waals surface area (Å²) in [7, 11) is 0. The summed E-state index contributed by atoms with van der Waals surface area (Å²) in [5.74, 6) is 0.0652. The highest BCUT2D eigenvalue weighted by molar-refractivity contribution is 5.81. The molecule has 1 amide bonds. The maximum absolute atomic E-state index is 12.1. The fourth-order valence-electron chi connectivity index (χ4n) is 2.97. The average molecular weight is 326 g/mol. The van der Waals surface area contributed by atoms with E-state index in [1.807, 2.05) is 31.2 Å². The van der Waals surface area contributed by atoms with Gasteiger partial charge in [-0.25, -0.2) is 0 Å². The van der Waals surface area contributed by atoms with Crippen molar-refractivity contribution in [1.82, 2.24) is 15.1 Å². The summed E-state index contributed by atoms with van der Waals surface area (Å²) in [6.45, 7) is 10.8. The van der Waals surface area contributed by atoms with Gasteiger partial charge in [-0.15, -0.1) is 6.58 Å². The standard InChI is InChI=1S/C19H26N4O/c1-3-9-21-19(24)16(2)23-11-4-10-22(12-13-23)15-18-7-5-17(14-20)6-8-18/h3,5-8,16H,1,4,9-13,15H2,2H3,(H,21,24). The molecule has 0 saturated carbocycles. The number of carbonyl (C=O) groups is 1. The third-order valence-electron chi connectivity index (χ3n) is 4.46. The number of nitrogens with zero attached hydrogens (tertiary/aromatic N) is 3. The lowest BCUT2D eigenvalue weighted by molar-refractivity contribution is -0.125. The molecule has 128 valence electrons. The number of carbonyl (C=O) groups excluding carboxylic acids is 1. The molecule has 5 heteroatoms. The van der Waals surface area contributed by atoms with E-state index in [4.69, 9.17) is 5.26 Å². The van der Waals surface area contributed by atoms with Gasteiger partial charge in [0.25, 0.3) is 0 Å². The number of hydrogen-bond acceptors (Lipinski definition) is 4. The summed E-state index contributed by atoms with van der Waals surface area (Å²) in [4.78, 5) is 16.8. The van der Waals surface area contributed by atoms with E-state index in [0.717, 1.165) is 39.1 Å². The Bertz CT molecular complexity index is 590. The lowest BCUT2D eigenvalue weighted by atomic mass is 10.1. The molecule has 0 aromatic heterocycles. The van der Waals surface area contributed by atoms with Gasteiger partial charge in [-0.2, -0.15) is 5.26 Å². The number of benzene rings is 1. The minimum absolute atomic E-state index is 0.0652. The van der Waals surface area contributed by atoms with Crippen molar-refractivity contribution in [3.8, 4) is 6.07 Å². The molecule has 1 atom stereocenters. The van der Waals surface area contributed by atoms with Gasteiger partial charge in [-0.05, 0) is 37.6 Å². The van der Waals surface area contributed by atoms with E-state index in [-0.39, 0.29) is 11.9 Å². The molecular weight excluding hydrogens is 300 g/mol. The summed E-state index contributed by atoms with van der Waals surface area (Å²) in [5, 5.41) is 11.7. The van der Waals surface area contributed by atoms with Crippen LogP contribution in [0.1, 0.15) is 24.5 Å². The van der Waals surface area contributed by atoms with Crippen molar-refractivity contribution in [1.29, 1.82) is 5.26 Å². The first kappa shape index (κ1) is 18.2. The fraction of sp³-hybridized carbons (Fsp3) is 0.474. The molecule has 1 heterocycles. The highest BCUT2D eigenvalue weighted by atomic mass is 16.2. The first-order valence-corrected chi connectivity index (χ1v) is 8.48. The van der Waals surface area contributed by atoms with E-state index in [0.29, 0.717) is 12.1 Å². The van der Waals surface area contributed by atoms with Crippen LogP contribution in [0, 0.1) is 11.3 Å². The third kappa shape index (κ3) is 5.19. The second-order valence-electron chi connectivity index (χ2n) is 6.18. The van der Waals surface area contributed by atoms with Gasteiger partial charge in [0.05, 0.1) is 17.7 Å². The van der Waals surface area contributed by atoms with Crippen LogP contribution >= 0.6 is 0 Å². The Morgan fingerprint density at radius 3 is 2.75 bits per heavy atom. The third-order valence-corrected chi connectivity index (χ3v) is 4.46. The predicted molar refractivity (Wildman–Crippen MR) is 95.3 cm³/mol. The van der Waals surface area contributed by atoms with Gasteiger partial charge in [-0.3, -0.25) is 14.6 Å². The van der Waals surface area contributed by atoms with Crippen molar-refractivity contribution in [2.45, 2.75) is 25.9 Å². The first-order valence-electron chi connectivity index (χ1n) is 8.48. The van der Waals surface area contributed by atoms with Crippen molar-refractivity contribution < 1.29 is 4.79 Å². The summed E-state index contributed by atoms with van der Waals surface area (Å²) in [6.07, 6.45) is 2.75. The van der Waals surface area contributed by atoms with Crippen LogP contribution in [0.5, 0.6) is 0 Å². The summed E-state index contributed by atoms with van der Waals surface area (Å²) in [6, 6.07) is 9.81. The Morgan fingerprint density at radius 1 is 1.33 bits per heavy atom. The van der Waals surface area contributed by atoms with Gasteiger partial charge >= 0.3 is 0 Å². The quantitative estimate of drug-likeness (QED) is 0.809.